The van der Waals surface area contributed by atoms with Gasteiger partial charge in [0.15, 0.2) is 0 Å². The van der Waals surface area contributed by atoms with E-state index in [1.54, 1.807) is 0 Å². The van der Waals surface area contributed by atoms with Crippen LogP contribution in [0, 0.1) is 0 Å². The molecule has 0 rings (SSSR count). The molecule has 0 bridgehead atoms. The Balaban J connectivity index is 3.94. The molecule has 0 radical (unpaired) electrons. The van der Waals surface area contributed by atoms with Crippen molar-refractivity contribution in [2.45, 2.75) is 18.9 Å². The fourth-order valence-corrected chi connectivity index (χ4v) is 0.784. The molecule has 1 amide bonds. The van der Waals surface area contributed by atoms with Crippen LogP contribution in [0.3, 0.4) is 0 Å². The largest absolute Gasteiger partial charge is 0.480 e. The number of amides is 1. The van der Waals surface area contributed by atoms with Crippen LogP contribution >= 0.6 is 0 Å². The Hall–Kier alpha value is -1.14. The summed E-state index contributed by atoms with van der Waals surface area (Å²) in [7, 11) is 0. The van der Waals surface area contributed by atoms with Crippen molar-refractivity contribution < 1.29 is 19.8 Å². The minimum atomic E-state index is -1.15. The number of carbonyl (C=O) groups excluding carboxylic acids is 1. The Kier molecular flexibility index (Phi) is 5.82. The lowest BCUT2D eigenvalue weighted by atomic mass is 10.2. The number of hydrogen-bond donors (Lipinski definition) is 4. The van der Waals surface area contributed by atoms with E-state index in [2.05, 4.69) is 5.32 Å². The molecule has 0 aliphatic heterocycles. The molecule has 5 N–H and O–H groups in total. The minimum Gasteiger partial charge on any atom is -0.480 e. The van der Waals surface area contributed by atoms with Gasteiger partial charge in [0.2, 0.25) is 5.91 Å². The van der Waals surface area contributed by atoms with Crippen molar-refractivity contribution in [2.24, 2.45) is 5.73 Å². The van der Waals surface area contributed by atoms with Gasteiger partial charge in [-0.25, -0.2) is 4.79 Å². The number of hydrogen-bond acceptors (Lipinski definition) is 4. The first-order valence-electron chi connectivity index (χ1n) is 3.95. The van der Waals surface area contributed by atoms with E-state index in [4.69, 9.17) is 15.9 Å². The van der Waals surface area contributed by atoms with Gasteiger partial charge in [0, 0.05) is 26.0 Å². The molecule has 0 aliphatic rings. The molecule has 0 heterocycles. The Morgan fingerprint density at radius 1 is 1.46 bits per heavy atom. The number of nitrogens with one attached hydrogen (secondary N) is 1. The maximum atomic E-state index is 10.9. The van der Waals surface area contributed by atoms with Crippen molar-refractivity contribution in [1.82, 2.24) is 5.32 Å². The van der Waals surface area contributed by atoms with Crippen molar-refractivity contribution in [1.29, 1.82) is 0 Å². The van der Waals surface area contributed by atoms with Gasteiger partial charge >= 0.3 is 5.97 Å². The molecule has 0 saturated carbocycles. The van der Waals surface area contributed by atoms with Crippen LogP contribution in [0.5, 0.6) is 0 Å². The lowest BCUT2D eigenvalue weighted by molar-refractivity contribution is -0.142. The summed E-state index contributed by atoms with van der Waals surface area (Å²) >= 11 is 0. The van der Waals surface area contributed by atoms with E-state index in [1.807, 2.05) is 0 Å². The zero-order chi connectivity index (χ0) is 10.3. The third-order valence-electron chi connectivity index (χ3n) is 1.42. The van der Waals surface area contributed by atoms with E-state index in [-0.39, 0.29) is 26.0 Å². The highest BCUT2D eigenvalue weighted by molar-refractivity contribution is 5.83. The van der Waals surface area contributed by atoms with E-state index < -0.39 is 17.9 Å². The molecule has 76 valence electrons. The molecule has 0 aromatic carbocycles. The van der Waals surface area contributed by atoms with Crippen molar-refractivity contribution in [2.75, 3.05) is 13.2 Å². The summed E-state index contributed by atoms with van der Waals surface area (Å²) in [6.45, 7) is -0.100. The van der Waals surface area contributed by atoms with Gasteiger partial charge in [0.05, 0.1) is 0 Å². The fourth-order valence-electron chi connectivity index (χ4n) is 0.784. The Bertz CT molecular complexity index is 183. The van der Waals surface area contributed by atoms with Gasteiger partial charge in [-0.15, -0.1) is 0 Å². The predicted octanol–water partition coefficient (Wildman–Crippen LogP) is -1.71. The van der Waals surface area contributed by atoms with E-state index >= 15 is 0 Å². The van der Waals surface area contributed by atoms with Gasteiger partial charge in [-0.1, -0.05) is 0 Å². The van der Waals surface area contributed by atoms with Gasteiger partial charge in [0.1, 0.15) is 6.04 Å². The SMILES string of the molecule is NCCC(=O)N[C@@H](CCO)C(=O)O. The highest BCUT2D eigenvalue weighted by atomic mass is 16.4. The number of nitrogens with two attached hydrogens (primary N) is 1. The zero-order valence-electron chi connectivity index (χ0n) is 7.19. The van der Waals surface area contributed by atoms with E-state index in [0.29, 0.717) is 0 Å². The maximum Gasteiger partial charge on any atom is 0.326 e. The standard InChI is InChI=1S/C7H14N2O4/c8-3-1-6(11)9-5(2-4-10)7(12)13/h5,10H,1-4,8H2,(H,9,11)(H,12,13)/t5-/m0/s1. The van der Waals surface area contributed by atoms with E-state index in [0.717, 1.165) is 0 Å². The minimum absolute atomic E-state index is 0.00560. The predicted molar refractivity (Wildman–Crippen MR) is 44.9 cm³/mol. The molecule has 0 aromatic rings. The number of aliphatic hydroxyl groups excluding tert-OH is 1. The molecular formula is C7H14N2O4. The molecule has 0 unspecified atom stereocenters. The molecular weight excluding hydrogens is 176 g/mol. The summed E-state index contributed by atoms with van der Waals surface area (Å²) in [5, 5.41) is 19.3. The summed E-state index contributed by atoms with van der Waals surface area (Å²) in [5.41, 5.74) is 5.10. The first-order chi connectivity index (χ1) is 6.11. The number of rotatable bonds is 6. The molecule has 13 heavy (non-hydrogen) atoms. The first kappa shape index (κ1) is 11.9. The second-order valence-electron chi connectivity index (χ2n) is 2.51. The van der Waals surface area contributed by atoms with Crippen molar-refractivity contribution in [3.63, 3.8) is 0 Å². The monoisotopic (exact) mass is 190 g/mol. The Morgan fingerprint density at radius 2 is 2.08 bits per heavy atom. The summed E-state index contributed by atoms with van der Waals surface area (Å²) in [6, 6.07) is -1.02. The molecule has 0 aliphatic carbocycles. The molecule has 6 heteroatoms. The number of carboxylic acid groups (broad SMARTS) is 1. The summed E-state index contributed by atoms with van der Waals surface area (Å²) in [6.07, 6.45) is 0.0981. The van der Waals surface area contributed by atoms with Crippen LogP contribution in [0.1, 0.15) is 12.8 Å². The van der Waals surface area contributed by atoms with Crippen LogP contribution in [-0.2, 0) is 9.59 Å². The van der Waals surface area contributed by atoms with Crippen LogP contribution in [0.2, 0.25) is 0 Å². The van der Waals surface area contributed by atoms with E-state index in [1.165, 1.54) is 0 Å². The highest BCUT2D eigenvalue weighted by Gasteiger charge is 2.18. The molecule has 6 nitrogen and oxygen atoms in total. The first-order valence-corrected chi connectivity index (χ1v) is 3.95. The van der Waals surface area contributed by atoms with Crippen LogP contribution in [0.15, 0.2) is 0 Å². The van der Waals surface area contributed by atoms with Gasteiger partial charge in [-0.05, 0) is 0 Å². The van der Waals surface area contributed by atoms with Gasteiger partial charge in [-0.3, -0.25) is 4.79 Å². The number of carboxylic acids is 1. The quantitative estimate of drug-likeness (QED) is 0.398. The Labute approximate surface area is 75.7 Å². The molecule has 0 spiro atoms. The molecule has 0 fully saturated rings. The summed E-state index contributed by atoms with van der Waals surface area (Å²) < 4.78 is 0. The number of aliphatic carboxylic acids is 1. The highest BCUT2D eigenvalue weighted by Crippen LogP contribution is 1.92. The van der Waals surface area contributed by atoms with Gasteiger partial charge < -0.3 is 21.3 Å². The number of aliphatic hydroxyl groups is 1. The average Bonchev–Trinajstić information content (AvgIpc) is 2.04. The van der Waals surface area contributed by atoms with E-state index in [9.17, 15) is 9.59 Å². The smallest absolute Gasteiger partial charge is 0.326 e. The topological polar surface area (TPSA) is 113 Å². The van der Waals surface area contributed by atoms with Gasteiger partial charge in [-0.2, -0.15) is 0 Å². The molecule has 0 aromatic heterocycles. The second-order valence-corrected chi connectivity index (χ2v) is 2.51. The maximum absolute atomic E-state index is 10.9. The second kappa shape index (κ2) is 6.38. The summed E-state index contributed by atoms with van der Waals surface area (Å²) in [4.78, 5) is 21.4. The van der Waals surface area contributed by atoms with Crippen molar-refractivity contribution in [3.8, 4) is 0 Å². The number of carbonyl (C=O) groups is 2. The fraction of sp³-hybridized carbons (Fsp3) is 0.714. The van der Waals surface area contributed by atoms with Crippen LogP contribution in [-0.4, -0.2) is 41.3 Å². The molecule has 0 saturated heterocycles. The third kappa shape index (κ3) is 5.15. The third-order valence-corrected chi connectivity index (χ3v) is 1.42. The van der Waals surface area contributed by atoms with Crippen molar-refractivity contribution in [3.05, 3.63) is 0 Å². The lowest BCUT2D eigenvalue weighted by Crippen LogP contribution is -2.41. The zero-order valence-corrected chi connectivity index (χ0v) is 7.19. The van der Waals surface area contributed by atoms with Crippen molar-refractivity contribution >= 4 is 11.9 Å². The summed E-state index contributed by atoms with van der Waals surface area (Å²) in [5.74, 6) is -1.57. The Morgan fingerprint density at radius 3 is 2.46 bits per heavy atom. The van der Waals surface area contributed by atoms with Crippen LogP contribution < -0.4 is 11.1 Å². The normalized spacial score (nSPS) is 12.2. The van der Waals surface area contributed by atoms with Crippen LogP contribution in [0.4, 0.5) is 0 Å². The van der Waals surface area contributed by atoms with Gasteiger partial charge in [0.25, 0.3) is 0 Å². The van der Waals surface area contributed by atoms with Crippen LogP contribution in [0.25, 0.3) is 0 Å². The molecule has 1 atom stereocenters. The average molecular weight is 190 g/mol. The lowest BCUT2D eigenvalue weighted by Gasteiger charge is -2.12.